The van der Waals surface area contributed by atoms with Gasteiger partial charge in [0.2, 0.25) is 5.91 Å². The van der Waals surface area contributed by atoms with Crippen molar-refractivity contribution in [2.75, 3.05) is 39.4 Å². The number of carbonyl (C=O) groups excluding carboxylic acids is 2. The molecule has 130 valence electrons. The third-order valence-corrected chi connectivity index (χ3v) is 4.56. The molecule has 2 saturated heterocycles. The molecule has 0 aromatic heterocycles. The van der Waals surface area contributed by atoms with Gasteiger partial charge < -0.3 is 14.4 Å². The zero-order chi connectivity index (χ0) is 16.8. The number of morpholine rings is 1. The van der Waals surface area contributed by atoms with Crippen LogP contribution in [0.1, 0.15) is 18.4 Å². The highest BCUT2D eigenvalue weighted by molar-refractivity contribution is 5.81. The van der Waals surface area contributed by atoms with Gasteiger partial charge in [0.15, 0.2) is 0 Å². The van der Waals surface area contributed by atoms with Gasteiger partial charge in [0.25, 0.3) is 0 Å². The number of benzene rings is 1. The van der Waals surface area contributed by atoms with Crippen LogP contribution in [0, 0.1) is 0 Å². The lowest BCUT2D eigenvalue weighted by Crippen LogP contribution is -2.48. The Labute approximate surface area is 142 Å². The minimum Gasteiger partial charge on any atom is -0.460 e. The first-order valence-corrected chi connectivity index (χ1v) is 8.54. The fourth-order valence-corrected chi connectivity index (χ4v) is 3.19. The first-order valence-electron chi connectivity index (χ1n) is 8.54. The van der Waals surface area contributed by atoms with Crippen LogP contribution >= 0.6 is 0 Å². The van der Waals surface area contributed by atoms with Gasteiger partial charge in [-0.25, -0.2) is 0 Å². The van der Waals surface area contributed by atoms with Crippen molar-refractivity contribution in [2.45, 2.75) is 25.5 Å². The molecule has 1 amide bonds. The van der Waals surface area contributed by atoms with Crippen LogP contribution in [-0.2, 0) is 25.7 Å². The highest BCUT2D eigenvalue weighted by atomic mass is 16.5. The maximum Gasteiger partial charge on any atom is 0.323 e. The lowest BCUT2D eigenvalue weighted by atomic mass is 10.2. The molecule has 1 atom stereocenters. The molecule has 0 spiro atoms. The number of ether oxygens (including phenoxy) is 2. The fourth-order valence-electron chi connectivity index (χ4n) is 3.19. The third kappa shape index (κ3) is 4.33. The van der Waals surface area contributed by atoms with Crippen molar-refractivity contribution >= 4 is 11.9 Å². The van der Waals surface area contributed by atoms with Gasteiger partial charge in [-0.1, -0.05) is 30.3 Å². The molecule has 6 nitrogen and oxygen atoms in total. The smallest absolute Gasteiger partial charge is 0.323 e. The minimum atomic E-state index is -0.307. The van der Waals surface area contributed by atoms with Crippen molar-refractivity contribution in [3.05, 3.63) is 35.9 Å². The van der Waals surface area contributed by atoms with E-state index in [9.17, 15) is 9.59 Å². The highest BCUT2D eigenvalue weighted by Gasteiger charge is 2.34. The Balaban J connectivity index is 1.50. The number of rotatable bonds is 5. The Morgan fingerprint density at radius 2 is 1.88 bits per heavy atom. The molecule has 24 heavy (non-hydrogen) atoms. The van der Waals surface area contributed by atoms with Crippen LogP contribution in [0.3, 0.4) is 0 Å². The van der Waals surface area contributed by atoms with E-state index in [1.54, 1.807) is 0 Å². The second kappa shape index (κ2) is 8.26. The van der Waals surface area contributed by atoms with Crippen LogP contribution in [0.2, 0.25) is 0 Å². The van der Waals surface area contributed by atoms with Crippen molar-refractivity contribution in [1.29, 1.82) is 0 Å². The number of hydrogen-bond acceptors (Lipinski definition) is 5. The molecule has 2 heterocycles. The summed E-state index contributed by atoms with van der Waals surface area (Å²) in [7, 11) is 0. The predicted octanol–water partition coefficient (Wildman–Crippen LogP) is 1.05. The molecule has 0 N–H and O–H groups in total. The summed E-state index contributed by atoms with van der Waals surface area (Å²) >= 11 is 0. The quantitative estimate of drug-likeness (QED) is 0.755. The Kier molecular flexibility index (Phi) is 5.82. The first kappa shape index (κ1) is 16.9. The molecule has 1 aromatic carbocycles. The van der Waals surface area contributed by atoms with Crippen LogP contribution in [0.4, 0.5) is 0 Å². The normalized spacial score (nSPS) is 21.7. The lowest BCUT2D eigenvalue weighted by Gasteiger charge is -2.30. The molecule has 3 rings (SSSR count). The topological polar surface area (TPSA) is 59.1 Å². The Morgan fingerprint density at radius 3 is 2.62 bits per heavy atom. The first-order chi connectivity index (χ1) is 11.7. The molecule has 6 heteroatoms. The van der Waals surface area contributed by atoms with Crippen LogP contribution in [0.15, 0.2) is 30.3 Å². The summed E-state index contributed by atoms with van der Waals surface area (Å²) in [6, 6.07) is 9.33. The number of amides is 1. The second-order valence-corrected chi connectivity index (χ2v) is 6.21. The van der Waals surface area contributed by atoms with Crippen LogP contribution in [0.5, 0.6) is 0 Å². The number of esters is 1. The molecule has 2 aliphatic rings. The van der Waals surface area contributed by atoms with E-state index in [2.05, 4.69) is 0 Å². The monoisotopic (exact) mass is 332 g/mol. The van der Waals surface area contributed by atoms with E-state index in [4.69, 9.17) is 9.47 Å². The van der Waals surface area contributed by atoms with E-state index in [-0.39, 0.29) is 31.1 Å². The lowest BCUT2D eigenvalue weighted by molar-refractivity contribution is -0.151. The molecule has 2 aliphatic heterocycles. The van der Waals surface area contributed by atoms with Crippen molar-refractivity contribution in [3.63, 3.8) is 0 Å². The summed E-state index contributed by atoms with van der Waals surface area (Å²) in [5.41, 5.74) is 0.972. The van der Waals surface area contributed by atoms with Crippen molar-refractivity contribution in [3.8, 4) is 0 Å². The number of carbonyl (C=O) groups is 2. The Morgan fingerprint density at radius 1 is 1.12 bits per heavy atom. The molecular formula is C18H24N2O4. The molecule has 0 unspecified atom stereocenters. The fraction of sp³-hybridized carbons (Fsp3) is 0.556. The van der Waals surface area contributed by atoms with Gasteiger partial charge in [0.05, 0.1) is 19.8 Å². The van der Waals surface area contributed by atoms with Gasteiger partial charge in [-0.05, 0) is 24.9 Å². The second-order valence-electron chi connectivity index (χ2n) is 6.21. The molecule has 0 saturated carbocycles. The zero-order valence-corrected chi connectivity index (χ0v) is 13.9. The number of likely N-dealkylation sites (tertiary alicyclic amines) is 1. The van der Waals surface area contributed by atoms with E-state index in [0.717, 1.165) is 24.9 Å². The number of nitrogens with zero attached hydrogens (tertiary/aromatic N) is 2. The number of hydrogen-bond donors (Lipinski definition) is 0. The zero-order valence-electron chi connectivity index (χ0n) is 13.9. The maximum absolute atomic E-state index is 12.4. The summed E-state index contributed by atoms with van der Waals surface area (Å²) in [5.74, 6) is -0.160. The Bertz CT molecular complexity index is 557. The summed E-state index contributed by atoms with van der Waals surface area (Å²) in [6.45, 7) is 3.78. The minimum absolute atomic E-state index is 0.0704. The van der Waals surface area contributed by atoms with Gasteiger partial charge >= 0.3 is 5.97 Å². The average Bonchev–Trinajstić information content (AvgIpc) is 3.09. The van der Waals surface area contributed by atoms with Crippen LogP contribution in [0.25, 0.3) is 0 Å². The molecular weight excluding hydrogens is 308 g/mol. The molecule has 0 radical (unpaired) electrons. The predicted molar refractivity (Wildman–Crippen MR) is 88.2 cm³/mol. The Hall–Kier alpha value is -1.92. The third-order valence-electron chi connectivity index (χ3n) is 4.56. The van der Waals surface area contributed by atoms with Crippen molar-refractivity contribution in [1.82, 2.24) is 9.80 Å². The SMILES string of the molecule is O=C(OCc1ccccc1)[C@@H]1CCCN1CC(=O)N1CCOCC1. The molecule has 0 aliphatic carbocycles. The largest absolute Gasteiger partial charge is 0.460 e. The van der Waals surface area contributed by atoms with Crippen molar-refractivity contribution in [2.24, 2.45) is 0 Å². The molecule has 2 fully saturated rings. The van der Waals surface area contributed by atoms with Crippen LogP contribution in [-0.4, -0.2) is 67.1 Å². The summed E-state index contributed by atoms with van der Waals surface area (Å²) in [4.78, 5) is 28.5. The van der Waals surface area contributed by atoms with Gasteiger partial charge in [-0.15, -0.1) is 0 Å². The molecule has 1 aromatic rings. The maximum atomic E-state index is 12.4. The summed E-state index contributed by atoms with van der Waals surface area (Å²) in [5, 5.41) is 0. The molecule has 0 bridgehead atoms. The van der Waals surface area contributed by atoms with Gasteiger partial charge in [0.1, 0.15) is 12.6 Å². The van der Waals surface area contributed by atoms with Crippen LogP contribution < -0.4 is 0 Å². The standard InChI is InChI=1S/C18H24N2O4/c21-17(19-9-11-23-12-10-19)13-20-8-4-7-16(20)18(22)24-14-15-5-2-1-3-6-15/h1-3,5-6,16H,4,7-14H2/t16-/m0/s1. The van der Waals surface area contributed by atoms with E-state index in [0.29, 0.717) is 26.3 Å². The van der Waals surface area contributed by atoms with E-state index in [1.807, 2.05) is 40.1 Å². The van der Waals surface area contributed by atoms with Gasteiger partial charge in [0, 0.05) is 13.1 Å². The summed E-state index contributed by atoms with van der Waals surface area (Å²) in [6.07, 6.45) is 1.67. The van der Waals surface area contributed by atoms with Crippen molar-refractivity contribution < 1.29 is 19.1 Å². The van der Waals surface area contributed by atoms with E-state index < -0.39 is 0 Å². The van der Waals surface area contributed by atoms with E-state index in [1.165, 1.54) is 0 Å². The summed E-state index contributed by atoms with van der Waals surface area (Å²) < 4.78 is 10.7. The van der Waals surface area contributed by atoms with E-state index >= 15 is 0 Å². The van der Waals surface area contributed by atoms with Gasteiger partial charge in [-0.2, -0.15) is 0 Å². The highest BCUT2D eigenvalue weighted by Crippen LogP contribution is 2.19. The average molecular weight is 332 g/mol. The van der Waals surface area contributed by atoms with Gasteiger partial charge in [-0.3, -0.25) is 14.5 Å².